The third kappa shape index (κ3) is 5.00. The average Bonchev–Trinajstić information content (AvgIpc) is 2.88. The first kappa shape index (κ1) is 25.1. The Morgan fingerprint density at radius 1 is 1.00 bits per heavy atom. The predicted octanol–water partition coefficient (Wildman–Crippen LogP) is 5.78. The van der Waals surface area contributed by atoms with Crippen LogP contribution in [-0.4, -0.2) is 34.0 Å². The molecule has 1 unspecified atom stereocenters. The van der Waals surface area contributed by atoms with Crippen molar-refractivity contribution in [2.24, 2.45) is 5.92 Å². The smallest absolute Gasteiger partial charge is 0.266 e. The van der Waals surface area contributed by atoms with Crippen LogP contribution in [0.5, 0.6) is 5.75 Å². The molecule has 1 aromatic heterocycles. The van der Waals surface area contributed by atoms with Gasteiger partial charge < -0.3 is 9.64 Å². The molecule has 7 heteroatoms. The molecule has 0 radical (unpaired) electrons. The lowest BCUT2D eigenvalue weighted by molar-refractivity contribution is 0.0666. The molecular formula is C29H30FN3O3. The molecule has 0 bridgehead atoms. The van der Waals surface area contributed by atoms with Crippen LogP contribution in [0.3, 0.4) is 0 Å². The van der Waals surface area contributed by atoms with Crippen LogP contribution in [0, 0.1) is 11.7 Å². The Morgan fingerprint density at radius 3 is 2.33 bits per heavy atom. The van der Waals surface area contributed by atoms with E-state index in [1.807, 2.05) is 13.0 Å². The molecule has 1 amide bonds. The van der Waals surface area contributed by atoms with Crippen LogP contribution in [0.15, 0.2) is 77.6 Å². The van der Waals surface area contributed by atoms with Gasteiger partial charge in [0.25, 0.3) is 11.5 Å². The maximum absolute atomic E-state index is 14.6. The first-order valence-electron chi connectivity index (χ1n) is 12.0. The topological polar surface area (TPSA) is 64.4 Å². The number of benzene rings is 3. The van der Waals surface area contributed by atoms with E-state index < -0.39 is 17.8 Å². The Labute approximate surface area is 210 Å². The summed E-state index contributed by atoms with van der Waals surface area (Å²) in [6.45, 7) is 6.35. The van der Waals surface area contributed by atoms with Crippen molar-refractivity contribution >= 4 is 16.8 Å². The molecular weight excluding hydrogens is 457 g/mol. The van der Waals surface area contributed by atoms with Crippen molar-refractivity contribution < 1.29 is 13.9 Å². The molecule has 0 aliphatic heterocycles. The molecule has 0 saturated carbocycles. The van der Waals surface area contributed by atoms with Crippen molar-refractivity contribution in [2.75, 3.05) is 13.7 Å². The molecule has 3 aromatic carbocycles. The van der Waals surface area contributed by atoms with E-state index in [1.165, 1.54) is 16.7 Å². The lowest BCUT2D eigenvalue weighted by Crippen LogP contribution is -2.38. The van der Waals surface area contributed by atoms with E-state index in [9.17, 15) is 14.0 Å². The number of ether oxygens (including phenoxy) is 1. The number of aromatic nitrogens is 2. The second-order valence-corrected chi connectivity index (χ2v) is 9.16. The van der Waals surface area contributed by atoms with E-state index in [2.05, 4.69) is 13.8 Å². The molecule has 0 aliphatic carbocycles. The molecule has 0 saturated heterocycles. The van der Waals surface area contributed by atoms with Crippen LogP contribution in [0.1, 0.15) is 49.4 Å². The van der Waals surface area contributed by atoms with Crippen molar-refractivity contribution in [3.8, 4) is 11.4 Å². The van der Waals surface area contributed by atoms with Gasteiger partial charge in [0.05, 0.1) is 35.3 Å². The minimum absolute atomic E-state index is 0.00719. The van der Waals surface area contributed by atoms with Crippen LogP contribution in [0.2, 0.25) is 0 Å². The van der Waals surface area contributed by atoms with Gasteiger partial charge in [0, 0.05) is 6.54 Å². The average molecular weight is 488 g/mol. The SMILES string of the molecule is COc1ccc(-n2c(C(C)N(CCC(C)C)C(=O)c3ccccc3F)nc3ccccc3c2=O)cc1. The van der Waals surface area contributed by atoms with Gasteiger partial charge in [-0.1, -0.05) is 38.1 Å². The summed E-state index contributed by atoms with van der Waals surface area (Å²) in [5, 5.41) is 0.471. The fourth-order valence-corrected chi connectivity index (χ4v) is 4.21. The van der Waals surface area contributed by atoms with Crippen molar-refractivity contribution in [2.45, 2.75) is 33.2 Å². The molecule has 36 heavy (non-hydrogen) atoms. The first-order valence-corrected chi connectivity index (χ1v) is 12.0. The number of carbonyl (C=O) groups is 1. The van der Waals surface area contributed by atoms with Crippen LogP contribution in [0.25, 0.3) is 16.6 Å². The number of fused-ring (bicyclic) bond motifs is 1. The zero-order chi connectivity index (χ0) is 25.8. The van der Waals surface area contributed by atoms with Crippen molar-refractivity contribution in [1.82, 2.24) is 14.5 Å². The van der Waals surface area contributed by atoms with Gasteiger partial charge in [-0.05, 0) is 67.8 Å². The highest BCUT2D eigenvalue weighted by atomic mass is 19.1. The maximum atomic E-state index is 14.6. The molecule has 4 aromatic rings. The molecule has 0 fully saturated rings. The van der Waals surface area contributed by atoms with Crippen molar-refractivity contribution in [1.29, 1.82) is 0 Å². The molecule has 186 valence electrons. The van der Waals surface area contributed by atoms with Crippen LogP contribution >= 0.6 is 0 Å². The number of para-hydroxylation sites is 1. The fourth-order valence-electron chi connectivity index (χ4n) is 4.21. The van der Waals surface area contributed by atoms with Crippen LogP contribution < -0.4 is 10.3 Å². The van der Waals surface area contributed by atoms with Crippen molar-refractivity contribution in [3.63, 3.8) is 0 Å². The molecule has 0 N–H and O–H groups in total. The van der Waals surface area contributed by atoms with Gasteiger partial charge in [0.15, 0.2) is 0 Å². The Balaban J connectivity index is 1.90. The van der Waals surface area contributed by atoms with Gasteiger partial charge in [-0.15, -0.1) is 0 Å². The zero-order valence-electron chi connectivity index (χ0n) is 20.9. The van der Waals surface area contributed by atoms with Crippen LogP contribution in [0.4, 0.5) is 4.39 Å². The zero-order valence-corrected chi connectivity index (χ0v) is 20.9. The third-order valence-corrected chi connectivity index (χ3v) is 6.29. The Hall–Kier alpha value is -4.00. The summed E-state index contributed by atoms with van der Waals surface area (Å²) >= 11 is 0. The van der Waals surface area contributed by atoms with E-state index in [-0.39, 0.29) is 11.1 Å². The van der Waals surface area contributed by atoms with Gasteiger partial charge in [-0.25, -0.2) is 9.37 Å². The summed E-state index contributed by atoms with van der Waals surface area (Å²) in [7, 11) is 1.58. The van der Waals surface area contributed by atoms with E-state index in [4.69, 9.17) is 9.72 Å². The summed E-state index contributed by atoms with van der Waals surface area (Å²) in [5.41, 5.74) is 0.890. The number of hydrogen-bond donors (Lipinski definition) is 0. The summed E-state index contributed by atoms with van der Waals surface area (Å²) in [6.07, 6.45) is 0.713. The molecule has 1 atom stereocenters. The molecule has 1 heterocycles. The van der Waals surface area contributed by atoms with E-state index in [1.54, 1.807) is 66.6 Å². The Kier molecular flexibility index (Phi) is 7.48. The van der Waals surface area contributed by atoms with E-state index >= 15 is 0 Å². The number of nitrogens with zero attached hydrogens (tertiary/aromatic N) is 3. The Bertz CT molecular complexity index is 1430. The largest absolute Gasteiger partial charge is 0.497 e. The molecule has 0 spiro atoms. The highest BCUT2D eigenvalue weighted by Crippen LogP contribution is 2.26. The standard InChI is InChI=1S/C29H30FN3O3/c1-19(2)17-18-32(28(34)23-9-5-7-11-25(23)30)20(3)27-31-26-12-8-6-10-24(26)29(35)33(27)21-13-15-22(36-4)16-14-21/h5-16,19-20H,17-18H2,1-4H3. The predicted molar refractivity (Wildman–Crippen MR) is 139 cm³/mol. The van der Waals surface area contributed by atoms with Gasteiger partial charge >= 0.3 is 0 Å². The summed E-state index contributed by atoms with van der Waals surface area (Å²) in [4.78, 5) is 33.8. The minimum Gasteiger partial charge on any atom is -0.497 e. The second kappa shape index (κ2) is 10.7. The number of amides is 1. The summed E-state index contributed by atoms with van der Waals surface area (Å²) in [6, 6.07) is 19.6. The van der Waals surface area contributed by atoms with E-state index in [0.717, 1.165) is 0 Å². The normalized spacial score (nSPS) is 12.1. The quantitative estimate of drug-likeness (QED) is 0.316. The molecule has 6 nitrogen and oxygen atoms in total. The van der Waals surface area contributed by atoms with E-state index in [0.29, 0.717) is 47.0 Å². The highest BCUT2D eigenvalue weighted by molar-refractivity contribution is 5.94. The van der Waals surface area contributed by atoms with Crippen LogP contribution in [-0.2, 0) is 0 Å². The first-order chi connectivity index (χ1) is 17.3. The number of halogens is 1. The number of methoxy groups -OCH3 is 1. The maximum Gasteiger partial charge on any atom is 0.266 e. The summed E-state index contributed by atoms with van der Waals surface area (Å²) < 4.78 is 21.4. The lowest BCUT2D eigenvalue weighted by Gasteiger charge is -2.31. The minimum atomic E-state index is -0.615. The third-order valence-electron chi connectivity index (χ3n) is 6.29. The summed E-state index contributed by atoms with van der Waals surface area (Å²) in [5.74, 6) is 0.357. The molecule has 4 rings (SSSR count). The lowest BCUT2D eigenvalue weighted by atomic mass is 10.1. The number of rotatable bonds is 8. The fraction of sp³-hybridized carbons (Fsp3) is 0.276. The number of hydrogen-bond acceptors (Lipinski definition) is 4. The van der Waals surface area contributed by atoms with Gasteiger partial charge in [-0.3, -0.25) is 14.2 Å². The Morgan fingerprint density at radius 2 is 1.67 bits per heavy atom. The monoisotopic (exact) mass is 487 g/mol. The van der Waals surface area contributed by atoms with Gasteiger partial charge in [-0.2, -0.15) is 0 Å². The van der Waals surface area contributed by atoms with Gasteiger partial charge in [0.2, 0.25) is 0 Å². The second-order valence-electron chi connectivity index (χ2n) is 9.16. The van der Waals surface area contributed by atoms with Crippen molar-refractivity contribution in [3.05, 3.63) is 100 Å². The number of carbonyl (C=O) groups excluding carboxylic acids is 1. The highest BCUT2D eigenvalue weighted by Gasteiger charge is 2.29. The molecule has 0 aliphatic rings. The van der Waals surface area contributed by atoms with Gasteiger partial charge in [0.1, 0.15) is 17.4 Å².